The molecular weight excluding hydrogens is 315 g/mol. The van der Waals surface area contributed by atoms with E-state index in [2.05, 4.69) is 0 Å². The molecule has 0 saturated heterocycles. The molecule has 0 amide bonds. The zero-order valence-corrected chi connectivity index (χ0v) is 5.70. The molecule has 0 bridgehead atoms. The van der Waals surface area contributed by atoms with E-state index < -0.39 is 0 Å². The van der Waals surface area contributed by atoms with Crippen LogP contribution in [0.2, 0.25) is 0 Å². The van der Waals surface area contributed by atoms with Crippen molar-refractivity contribution in [1.29, 1.82) is 0 Å². The standard InChI is InChI=1S/5FH.K.Ta.H/h5*1H;;;. The molecule has 0 heterocycles. The fourth-order valence-electron chi connectivity index (χ4n) is 0. The summed E-state index contributed by atoms with van der Waals surface area (Å²) < 4.78 is 0. The quantitative estimate of drug-likeness (QED) is 0.439. The Labute approximate surface area is 95.6 Å². The number of hydrogen-bond acceptors (Lipinski definition) is 0. The van der Waals surface area contributed by atoms with Crippen molar-refractivity contribution in [3.8, 4) is 0 Å². The van der Waals surface area contributed by atoms with Crippen molar-refractivity contribution in [2.75, 3.05) is 0 Å². The molecule has 0 nitrogen and oxygen atoms in total. The van der Waals surface area contributed by atoms with Gasteiger partial charge in [0, 0.05) is 22.4 Å². The fourth-order valence-corrected chi connectivity index (χ4v) is 0. The zero-order valence-electron chi connectivity index (χ0n) is 2.49. The molecule has 0 aliphatic rings. The number of hydrogen-bond donors (Lipinski definition) is 0. The van der Waals surface area contributed by atoms with Gasteiger partial charge in [-0.1, -0.05) is 0 Å². The maximum absolute atomic E-state index is 0. The molecule has 0 spiro atoms. The molecule has 1 radical (unpaired) electrons. The predicted octanol–water partition coefficient (Wildman–Crippen LogP) is 0.111. The summed E-state index contributed by atoms with van der Waals surface area (Å²) in [6.07, 6.45) is 0. The van der Waals surface area contributed by atoms with Crippen molar-refractivity contribution >= 4 is 51.4 Å². The van der Waals surface area contributed by atoms with Crippen molar-refractivity contribution in [3.63, 3.8) is 0 Å². The minimum absolute atomic E-state index is 0. The van der Waals surface area contributed by atoms with Gasteiger partial charge in [-0.05, 0) is 0 Å². The van der Waals surface area contributed by atoms with Gasteiger partial charge < -0.3 is 0 Å². The molecule has 0 rings (SSSR count). The van der Waals surface area contributed by atoms with E-state index in [4.69, 9.17) is 0 Å². The Morgan fingerprint density at radius 2 is 0.429 bits per heavy atom. The van der Waals surface area contributed by atoms with E-state index >= 15 is 0 Å². The molecule has 0 atom stereocenters. The summed E-state index contributed by atoms with van der Waals surface area (Å²) in [5, 5.41) is 0. The van der Waals surface area contributed by atoms with Crippen LogP contribution < -0.4 is 0 Å². The van der Waals surface area contributed by atoms with Gasteiger partial charge in [-0.2, -0.15) is 0 Å². The first-order chi connectivity index (χ1) is 0. The summed E-state index contributed by atoms with van der Waals surface area (Å²) in [5.74, 6) is 0. The van der Waals surface area contributed by atoms with Crippen LogP contribution in [0.5, 0.6) is 0 Å². The molecule has 0 N–H and O–H groups in total. The van der Waals surface area contributed by atoms with Gasteiger partial charge in [-0.25, -0.2) is 0 Å². The van der Waals surface area contributed by atoms with Crippen molar-refractivity contribution < 1.29 is 45.9 Å². The van der Waals surface area contributed by atoms with E-state index in [1.54, 1.807) is 0 Å². The molecule has 0 aromatic heterocycles. The summed E-state index contributed by atoms with van der Waals surface area (Å²) in [5.41, 5.74) is 0. The largest absolute Gasteiger partial charge is 0 e. The van der Waals surface area contributed by atoms with E-state index in [1.807, 2.05) is 0 Å². The molecule has 0 aromatic rings. The van der Waals surface area contributed by atoms with Gasteiger partial charge in [0.1, 0.15) is 0 Å². The van der Waals surface area contributed by atoms with Crippen LogP contribution in [0.15, 0.2) is 0 Å². The molecule has 47 valence electrons. The smallest absolute Gasteiger partial charge is 0 e. The normalized spacial score (nSPS) is 0. The summed E-state index contributed by atoms with van der Waals surface area (Å²) >= 11 is 0. The average Bonchev–Trinajstić information content (AvgIpc) is 0. The van der Waals surface area contributed by atoms with Crippen molar-refractivity contribution in [2.45, 2.75) is 0 Å². The van der Waals surface area contributed by atoms with Crippen molar-refractivity contribution in [3.05, 3.63) is 0 Å². The van der Waals surface area contributed by atoms with Crippen molar-refractivity contribution in [2.24, 2.45) is 0 Å². The molecule has 0 aliphatic heterocycles. The third kappa shape index (κ3) is 71.0. The Kier molecular flexibility index (Phi) is 1950. The van der Waals surface area contributed by atoms with Gasteiger partial charge in [0.25, 0.3) is 0 Å². The van der Waals surface area contributed by atoms with E-state index in [1.165, 1.54) is 0 Å². The second kappa shape index (κ2) is 96.5. The second-order valence-corrected chi connectivity index (χ2v) is 0. The summed E-state index contributed by atoms with van der Waals surface area (Å²) in [6.45, 7) is 0. The van der Waals surface area contributed by atoms with Crippen LogP contribution >= 0.6 is 0 Å². The molecule has 0 unspecified atom stereocenters. The minimum Gasteiger partial charge on any atom is 0 e. The topological polar surface area (TPSA) is 0 Å². The number of halogens is 5. The van der Waals surface area contributed by atoms with Gasteiger partial charge >= 0.3 is 51.4 Å². The van der Waals surface area contributed by atoms with Gasteiger partial charge in [0.05, 0.1) is 0 Å². The van der Waals surface area contributed by atoms with Gasteiger partial charge in [-0.15, -0.1) is 0 Å². The first-order valence-electron chi connectivity index (χ1n) is 0. The van der Waals surface area contributed by atoms with Crippen LogP contribution in [0.25, 0.3) is 0 Å². The average molecular weight is 321 g/mol. The van der Waals surface area contributed by atoms with Crippen LogP contribution in [0.3, 0.4) is 0 Å². The Hall–Kier alpha value is 2.03. The van der Waals surface area contributed by atoms with Crippen LogP contribution in [0.1, 0.15) is 0 Å². The molecular formula is H6F5KTa. The van der Waals surface area contributed by atoms with Crippen LogP contribution in [0.4, 0.5) is 23.5 Å². The minimum atomic E-state index is 0. The molecule has 7 heteroatoms. The van der Waals surface area contributed by atoms with Crippen LogP contribution in [-0.2, 0) is 22.4 Å². The fraction of sp³-hybridized carbons (Fsp3) is 0. The Bertz CT molecular complexity index is 8.04. The molecule has 0 aliphatic carbocycles. The summed E-state index contributed by atoms with van der Waals surface area (Å²) in [6, 6.07) is 0. The summed E-state index contributed by atoms with van der Waals surface area (Å²) in [7, 11) is 0. The first kappa shape index (κ1) is 142. The van der Waals surface area contributed by atoms with E-state index in [-0.39, 0.29) is 97.3 Å². The third-order valence-corrected chi connectivity index (χ3v) is 0. The van der Waals surface area contributed by atoms with E-state index in [9.17, 15) is 0 Å². The zero-order chi connectivity index (χ0) is 0. The van der Waals surface area contributed by atoms with Crippen molar-refractivity contribution in [1.82, 2.24) is 0 Å². The van der Waals surface area contributed by atoms with Crippen LogP contribution in [0, 0.1) is 0 Å². The summed E-state index contributed by atoms with van der Waals surface area (Å²) in [4.78, 5) is 0. The Balaban J connectivity index is 0. The van der Waals surface area contributed by atoms with E-state index in [0.29, 0.717) is 0 Å². The molecule has 0 aromatic carbocycles. The van der Waals surface area contributed by atoms with Crippen LogP contribution in [-0.4, -0.2) is 51.4 Å². The third-order valence-electron chi connectivity index (χ3n) is 0. The maximum Gasteiger partial charge on any atom is 0 e. The SMILES string of the molecule is F.F.F.F.F.[KH].[Ta]. The first-order valence-corrected chi connectivity index (χ1v) is 0. The second-order valence-electron chi connectivity index (χ2n) is 0. The Morgan fingerprint density at radius 1 is 0.429 bits per heavy atom. The maximum atomic E-state index is 0. The Morgan fingerprint density at radius 3 is 0.429 bits per heavy atom. The molecule has 7 heavy (non-hydrogen) atoms. The number of rotatable bonds is 0. The predicted molar refractivity (Wildman–Crippen MR) is 19.7 cm³/mol. The monoisotopic (exact) mass is 321 g/mol. The molecule has 0 fully saturated rings. The van der Waals surface area contributed by atoms with Gasteiger partial charge in [0.15, 0.2) is 0 Å². The molecule has 0 saturated carbocycles. The van der Waals surface area contributed by atoms with E-state index in [0.717, 1.165) is 0 Å². The van der Waals surface area contributed by atoms with Gasteiger partial charge in [-0.3, -0.25) is 23.5 Å². The van der Waals surface area contributed by atoms with Gasteiger partial charge in [0.2, 0.25) is 0 Å².